The number of hydrogen-bond donors (Lipinski definition) is 1. The quantitative estimate of drug-likeness (QED) is 0.149. The van der Waals surface area contributed by atoms with Gasteiger partial charge in [-0.25, -0.2) is 0 Å². The number of nitriles is 1. The molecule has 45 heavy (non-hydrogen) atoms. The van der Waals surface area contributed by atoms with Gasteiger partial charge in [-0.1, -0.05) is 83.7 Å². The Labute approximate surface area is 279 Å². The third-order valence-electron chi connectivity index (χ3n) is 8.06. The van der Waals surface area contributed by atoms with Gasteiger partial charge < -0.3 is 24.2 Å². The number of ether oxygens (including phenoxy) is 3. The highest BCUT2D eigenvalue weighted by atomic mass is 35.5. The maximum atomic E-state index is 10.0. The predicted molar refractivity (Wildman–Crippen MR) is 178 cm³/mol. The first kappa shape index (κ1) is 33.3. The molecular weight excluding hydrogens is 633 g/mol. The lowest BCUT2D eigenvalue weighted by molar-refractivity contribution is -0.0433. The summed E-state index contributed by atoms with van der Waals surface area (Å²) in [6.45, 7) is 3.36. The van der Waals surface area contributed by atoms with E-state index in [9.17, 15) is 10.4 Å². The number of hydrogen-bond acceptors (Lipinski definition) is 7. The summed E-state index contributed by atoms with van der Waals surface area (Å²) in [6.07, 6.45) is 13.3. The number of alkyl halides is 2. The number of benzene rings is 2. The molecule has 0 bridgehead atoms. The smallest absolute Gasteiger partial charge is 0.179 e. The number of nitrogens with zero attached hydrogens (tertiary/aromatic N) is 3. The second-order valence-electron chi connectivity index (χ2n) is 11.2. The monoisotopic (exact) mass is 667 g/mol. The molecule has 2 aliphatic rings. The van der Waals surface area contributed by atoms with Crippen molar-refractivity contribution in [3.8, 4) is 17.6 Å². The van der Waals surface area contributed by atoms with Gasteiger partial charge in [0, 0.05) is 42.7 Å². The summed E-state index contributed by atoms with van der Waals surface area (Å²) in [7, 11) is 0. The molecule has 1 saturated heterocycles. The minimum atomic E-state index is -1.50. The van der Waals surface area contributed by atoms with Crippen LogP contribution in [0, 0.1) is 11.3 Å². The van der Waals surface area contributed by atoms with Gasteiger partial charge in [-0.05, 0) is 61.7 Å². The molecule has 0 spiro atoms. The minimum absolute atomic E-state index is 0.0455. The summed E-state index contributed by atoms with van der Waals surface area (Å²) < 4.78 is 17.5. The number of halogens is 3. The SMILES string of the molecule is N#Cc1cncc(COc2cc(OCC3(OCCCN4CCCCC4)C=CC=C(c4ccccc4)C3(Cl)Cl)c(Cl)cc2CO)c1. The predicted octanol–water partition coefficient (Wildman–Crippen LogP) is 7.52. The fourth-order valence-corrected chi connectivity index (χ4v) is 6.52. The lowest BCUT2D eigenvalue weighted by atomic mass is 9.85. The fraction of sp³-hybridized carbons (Fsp3) is 0.371. The van der Waals surface area contributed by atoms with Crippen LogP contribution in [0.2, 0.25) is 5.02 Å². The van der Waals surface area contributed by atoms with Crippen LogP contribution in [0.1, 0.15) is 47.9 Å². The fourth-order valence-electron chi connectivity index (χ4n) is 5.60. The third kappa shape index (κ3) is 8.01. The van der Waals surface area contributed by atoms with Crippen molar-refractivity contribution in [2.45, 2.75) is 48.8 Å². The molecule has 2 aromatic carbocycles. The average molecular weight is 669 g/mol. The van der Waals surface area contributed by atoms with Crippen molar-refractivity contribution in [2.24, 2.45) is 0 Å². The molecule has 7 nitrogen and oxygen atoms in total. The van der Waals surface area contributed by atoms with Crippen LogP contribution in [-0.2, 0) is 18.0 Å². The number of pyridine rings is 1. The van der Waals surface area contributed by atoms with Gasteiger partial charge in [-0.3, -0.25) is 4.98 Å². The zero-order valence-electron chi connectivity index (χ0n) is 24.9. The van der Waals surface area contributed by atoms with Gasteiger partial charge in [0.05, 0.1) is 17.2 Å². The minimum Gasteiger partial charge on any atom is -0.488 e. The van der Waals surface area contributed by atoms with Crippen LogP contribution in [0.5, 0.6) is 11.5 Å². The van der Waals surface area contributed by atoms with E-state index in [1.807, 2.05) is 48.6 Å². The van der Waals surface area contributed by atoms with Gasteiger partial charge in [0.15, 0.2) is 9.93 Å². The molecule has 0 saturated carbocycles. The first-order valence-electron chi connectivity index (χ1n) is 15.1. The first-order valence-corrected chi connectivity index (χ1v) is 16.2. The van der Waals surface area contributed by atoms with Gasteiger partial charge in [0.2, 0.25) is 0 Å². The van der Waals surface area contributed by atoms with Crippen LogP contribution in [0.4, 0.5) is 0 Å². The maximum Gasteiger partial charge on any atom is 0.179 e. The molecule has 1 aliphatic carbocycles. The highest BCUT2D eigenvalue weighted by molar-refractivity contribution is 6.55. The Hall–Kier alpha value is -3.09. The van der Waals surface area contributed by atoms with Crippen molar-refractivity contribution >= 4 is 40.4 Å². The summed E-state index contributed by atoms with van der Waals surface area (Å²) in [5.74, 6) is 0.695. The molecule has 1 N–H and O–H groups in total. The molecule has 0 amide bonds. The summed E-state index contributed by atoms with van der Waals surface area (Å²) in [5, 5.41) is 19.5. The van der Waals surface area contributed by atoms with Crippen LogP contribution < -0.4 is 9.47 Å². The Bertz CT molecular complexity index is 1550. The van der Waals surface area contributed by atoms with Gasteiger partial charge in [0.25, 0.3) is 0 Å². The van der Waals surface area contributed by atoms with E-state index >= 15 is 0 Å². The van der Waals surface area contributed by atoms with Crippen molar-refractivity contribution in [3.05, 3.63) is 106 Å². The lowest BCUT2D eigenvalue weighted by Crippen LogP contribution is -2.53. The van der Waals surface area contributed by atoms with E-state index in [1.54, 1.807) is 24.4 Å². The zero-order valence-corrected chi connectivity index (χ0v) is 27.2. The number of aromatic nitrogens is 1. The van der Waals surface area contributed by atoms with Gasteiger partial charge in [-0.15, -0.1) is 0 Å². The van der Waals surface area contributed by atoms with E-state index in [2.05, 4.69) is 16.0 Å². The van der Waals surface area contributed by atoms with Crippen molar-refractivity contribution in [1.29, 1.82) is 5.26 Å². The Morgan fingerprint density at radius 3 is 2.56 bits per heavy atom. The van der Waals surface area contributed by atoms with Crippen molar-refractivity contribution < 1.29 is 19.3 Å². The highest BCUT2D eigenvalue weighted by Crippen LogP contribution is 2.50. The van der Waals surface area contributed by atoms with Crippen LogP contribution in [0.3, 0.4) is 0 Å². The normalized spacial score (nSPS) is 19.5. The Kier molecular flexibility index (Phi) is 11.4. The molecule has 1 aromatic heterocycles. The molecule has 236 valence electrons. The molecule has 1 aliphatic heterocycles. The Balaban J connectivity index is 1.37. The van der Waals surface area contributed by atoms with Gasteiger partial charge in [-0.2, -0.15) is 5.26 Å². The van der Waals surface area contributed by atoms with Gasteiger partial charge >= 0.3 is 0 Å². The lowest BCUT2D eigenvalue weighted by Gasteiger charge is -2.43. The molecule has 10 heteroatoms. The zero-order chi connectivity index (χ0) is 31.7. The number of likely N-dealkylation sites (tertiary alicyclic amines) is 1. The molecule has 1 unspecified atom stereocenters. The highest BCUT2D eigenvalue weighted by Gasteiger charge is 2.54. The first-order chi connectivity index (χ1) is 21.8. The van der Waals surface area contributed by atoms with Gasteiger partial charge in [0.1, 0.15) is 30.8 Å². The molecular formula is C35H36Cl3N3O4. The topological polar surface area (TPSA) is 87.8 Å². The molecule has 1 atom stereocenters. The molecule has 2 heterocycles. The summed E-state index contributed by atoms with van der Waals surface area (Å²) >= 11 is 21.2. The van der Waals surface area contributed by atoms with Crippen LogP contribution in [-0.4, -0.2) is 57.8 Å². The van der Waals surface area contributed by atoms with Crippen LogP contribution in [0.15, 0.2) is 79.2 Å². The Morgan fingerprint density at radius 2 is 1.80 bits per heavy atom. The number of allylic oxidation sites excluding steroid dienone is 2. The largest absolute Gasteiger partial charge is 0.488 e. The van der Waals surface area contributed by atoms with E-state index in [1.165, 1.54) is 25.5 Å². The van der Waals surface area contributed by atoms with Crippen LogP contribution >= 0.6 is 34.8 Å². The van der Waals surface area contributed by atoms with E-state index in [-0.39, 0.29) is 24.8 Å². The van der Waals surface area contributed by atoms with Crippen molar-refractivity contribution in [3.63, 3.8) is 0 Å². The Morgan fingerprint density at radius 1 is 1.00 bits per heavy atom. The van der Waals surface area contributed by atoms with Crippen LogP contribution in [0.25, 0.3) is 5.57 Å². The molecule has 1 fully saturated rings. The summed E-state index contributed by atoms with van der Waals surface area (Å²) in [6, 6.07) is 16.7. The number of piperidine rings is 1. The van der Waals surface area contributed by atoms with Crippen molar-refractivity contribution in [2.75, 3.05) is 32.8 Å². The number of rotatable bonds is 13. The number of aliphatic hydroxyl groups excluding tert-OH is 1. The maximum absolute atomic E-state index is 10.0. The third-order valence-corrected chi connectivity index (χ3v) is 9.40. The summed E-state index contributed by atoms with van der Waals surface area (Å²) in [5.41, 5.74) is 1.94. The number of aliphatic hydroxyl groups is 1. The molecule has 3 aromatic rings. The second-order valence-corrected chi connectivity index (χ2v) is 12.9. The van der Waals surface area contributed by atoms with E-state index in [0.29, 0.717) is 40.4 Å². The second kappa shape index (κ2) is 15.5. The summed E-state index contributed by atoms with van der Waals surface area (Å²) in [4.78, 5) is 6.54. The van der Waals surface area contributed by atoms with E-state index < -0.39 is 9.93 Å². The average Bonchev–Trinajstić information content (AvgIpc) is 3.07. The van der Waals surface area contributed by atoms with E-state index in [0.717, 1.165) is 31.6 Å². The standard InChI is InChI=1S/C35H36Cl3N3O4/c36-31-18-29(23-42)32(43-24-27-17-26(20-39)21-40-22-27)19-33(31)44-25-34(45-16-8-15-41-13-5-2-6-14-41)12-7-11-30(35(34,37)38)28-9-3-1-4-10-28/h1,3-4,7,9-12,17-19,21-22,42H,2,5-6,8,13-16,23-25H2. The molecule has 0 radical (unpaired) electrons. The molecule has 5 rings (SSSR count). The van der Waals surface area contributed by atoms with Crippen molar-refractivity contribution in [1.82, 2.24) is 9.88 Å². The van der Waals surface area contributed by atoms with E-state index in [4.69, 9.17) is 49.0 Å².